The van der Waals surface area contributed by atoms with Crippen molar-refractivity contribution in [2.24, 2.45) is 0 Å². The Morgan fingerprint density at radius 1 is 0.576 bits per heavy atom. The first-order valence-corrected chi connectivity index (χ1v) is 23.9. The van der Waals surface area contributed by atoms with E-state index in [1.54, 1.807) is 0 Å². The van der Waals surface area contributed by atoms with Crippen LogP contribution in [0.5, 0.6) is 0 Å². The lowest BCUT2D eigenvalue weighted by atomic mass is 10.1. The van der Waals surface area contributed by atoms with E-state index < -0.39 is 11.9 Å². The van der Waals surface area contributed by atoms with Gasteiger partial charge in [0.15, 0.2) is 11.0 Å². The molecular formula is C47H67Cl4N4O4+. The molecule has 2 aromatic carbocycles. The van der Waals surface area contributed by atoms with Crippen LogP contribution in [0.4, 0.5) is 11.4 Å². The summed E-state index contributed by atoms with van der Waals surface area (Å²) in [5.41, 5.74) is 3.74. The lowest BCUT2D eigenvalue weighted by Gasteiger charge is -2.25. The maximum Gasteiger partial charge on any atom is 0.303 e. The first kappa shape index (κ1) is 48.8. The molecule has 8 nitrogen and oxygen atoms in total. The number of benzene rings is 2. The van der Waals surface area contributed by atoms with Crippen LogP contribution in [0.2, 0.25) is 20.1 Å². The summed E-state index contributed by atoms with van der Waals surface area (Å²) in [6.45, 7) is 7.04. The van der Waals surface area contributed by atoms with E-state index in [0.717, 1.165) is 72.8 Å². The Balaban J connectivity index is 1.69. The highest BCUT2D eigenvalue weighted by atomic mass is 35.5. The number of rotatable bonds is 30. The fraction of sp³-hybridized carbons (Fsp3) is 0.596. The van der Waals surface area contributed by atoms with E-state index in [4.69, 9.17) is 46.4 Å². The number of carbonyl (C=O) groups is 2. The highest BCUT2D eigenvalue weighted by Crippen LogP contribution is 2.46. The number of allylic oxidation sites excluding steroid dienone is 2. The molecule has 3 aromatic rings. The average molecular weight is 894 g/mol. The summed E-state index contributed by atoms with van der Waals surface area (Å²) in [5, 5.41) is 20.9. The maximum absolute atomic E-state index is 11.6. The molecule has 2 heterocycles. The Labute approximate surface area is 373 Å². The Bertz CT molecular complexity index is 1860. The second kappa shape index (κ2) is 26.4. The Morgan fingerprint density at radius 3 is 1.54 bits per heavy atom. The van der Waals surface area contributed by atoms with Crippen molar-refractivity contribution in [1.82, 2.24) is 4.57 Å². The smallest absolute Gasteiger partial charge is 0.303 e. The molecule has 0 spiro atoms. The molecule has 4 rings (SSSR count). The number of halogens is 4. The van der Waals surface area contributed by atoms with Gasteiger partial charge in [-0.25, -0.2) is 9.13 Å². The van der Waals surface area contributed by atoms with Crippen LogP contribution in [0.25, 0.3) is 17.1 Å². The van der Waals surface area contributed by atoms with Crippen LogP contribution < -0.4 is 14.4 Å². The molecule has 0 bridgehead atoms. The van der Waals surface area contributed by atoms with Crippen molar-refractivity contribution in [3.63, 3.8) is 0 Å². The van der Waals surface area contributed by atoms with Crippen molar-refractivity contribution >= 4 is 86.8 Å². The van der Waals surface area contributed by atoms with Crippen molar-refractivity contribution in [2.75, 3.05) is 22.9 Å². The highest BCUT2D eigenvalue weighted by molar-refractivity contribution is 6.43. The Hall–Kier alpha value is -2.91. The van der Waals surface area contributed by atoms with Gasteiger partial charge in [0.2, 0.25) is 0 Å². The molecule has 0 aliphatic carbocycles. The molecule has 0 saturated carbocycles. The van der Waals surface area contributed by atoms with Crippen LogP contribution in [-0.4, -0.2) is 39.8 Å². The van der Waals surface area contributed by atoms with E-state index in [2.05, 4.69) is 51.0 Å². The van der Waals surface area contributed by atoms with Gasteiger partial charge in [0.05, 0.1) is 44.6 Å². The van der Waals surface area contributed by atoms with E-state index in [9.17, 15) is 19.8 Å². The Morgan fingerprint density at radius 2 is 1.02 bits per heavy atom. The van der Waals surface area contributed by atoms with Crippen LogP contribution in [0.15, 0.2) is 42.2 Å². The number of imidazole rings is 1. The summed E-state index contributed by atoms with van der Waals surface area (Å²) in [7, 11) is 0. The molecule has 0 radical (unpaired) electrons. The number of fused-ring (bicyclic) bond motifs is 2. The number of nitrogens with zero attached hydrogens (tertiary/aromatic N) is 4. The average Bonchev–Trinajstić information content (AvgIpc) is 3.62. The number of hydrogen-bond donors (Lipinski definition) is 2. The van der Waals surface area contributed by atoms with E-state index in [1.807, 2.05) is 24.3 Å². The predicted octanol–water partition coefficient (Wildman–Crippen LogP) is 14.5. The second-order valence-corrected chi connectivity index (χ2v) is 17.6. The minimum atomic E-state index is -0.831. The van der Waals surface area contributed by atoms with E-state index in [1.165, 1.54) is 89.9 Å². The highest BCUT2D eigenvalue weighted by Gasteiger charge is 2.32. The third-order valence-corrected chi connectivity index (χ3v) is 12.8. The number of aliphatic carboxylic acids is 2. The molecule has 0 saturated heterocycles. The van der Waals surface area contributed by atoms with Crippen molar-refractivity contribution in [3.8, 4) is 0 Å². The molecule has 1 aliphatic rings. The fourth-order valence-electron chi connectivity index (χ4n) is 8.16. The zero-order valence-electron chi connectivity index (χ0n) is 35.4. The first-order valence-electron chi connectivity index (χ1n) is 22.3. The van der Waals surface area contributed by atoms with Crippen molar-refractivity contribution in [2.45, 2.75) is 168 Å². The van der Waals surface area contributed by atoms with Gasteiger partial charge in [-0.15, -0.1) is 0 Å². The third-order valence-electron chi connectivity index (χ3n) is 11.3. The summed E-state index contributed by atoms with van der Waals surface area (Å²) in [6, 6.07) is 7.63. The quantitative estimate of drug-likeness (QED) is 0.0512. The summed E-state index contributed by atoms with van der Waals surface area (Å²) >= 11 is 26.5. The number of carboxylic acid groups (broad SMARTS) is 2. The Kier molecular flexibility index (Phi) is 21.8. The predicted molar refractivity (Wildman–Crippen MR) is 249 cm³/mol. The number of aromatic nitrogens is 2. The fourth-order valence-corrected chi connectivity index (χ4v) is 8.79. The third kappa shape index (κ3) is 15.2. The number of hydrogen-bond acceptors (Lipinski definition) is 4. The van der Waals surface area contributed by atoms with E-state index in [-0.39, 0.29) is 12.8 Å². The summed E-state index contributed by atoms with van der Waals surface area (Å²) in [5.74, 6) is 0.209. The first-order chi connectivity index (χ1) is 28.6. The molecule has 326 valence electrons. The summed E-state index contributed by atoms with van der Waals surface area (Å²) < 4.78 is 4.46. The zero-order valence-corrected chi connectivity index (χ0v) is 38.5. The molecule has 2 N–H and O–H groups in total. The topological polar surface area (TPSA) is 89.9 Å². The van der Waals surface area contributed by atoms with Gasteiger partial charge >= 0.3 is 11.9 Å². The van der Waals surface area contributed by atoms with Gasteiger partial charge < -0.3 is 20.0 Å². The summed E-state index contributed by atoms with van der Waals surface area (Å²) in [4.78, 5) is 27.7. The van der Waals surface area contributed by atoms with Crippen LogP contribution in [0, 0.1) is 0 Å². The van der Waals surface area contributed by atoms with Gasteiger partial charge in [-0.2, -0.15) is 0 Å². The van der Waals surface area contributed by atoms with Gasteiger partial charge in [-0.1, -0.05) is 163 Å². The van der Waals surface area contributed by atoms with E-state index >= 15 is 0 Å². The van der Waals surface area contributed by atoms with Crippen LogP contribution in [0.1, 0.15) is 161 Å². The number of aryl methyl sites for hydroxylation is 2. The number of anilines is 2. The molecule has 1 aliphatic heterocycles. The standard InChI is InChI=1S/C47H66Cl4N4O4/c1-3-5-7-9-11-13-15-17-19-28-52-40-32-36(48)38(50)34-42(40)54(30-22-26-46(56)57)44(52)24-21-25-45-53(29-20-18-16-14-12-10-8-6-4-2)41-33-37(49)39(51)35-43(41)55(45)31-23-27-47(58)59/h21,24-25,32-35H,3-20,22-23,26-31H2,1-2H3,(H-,56,57,58,59)/p+1. The van der Waals surface area contributed by atoms with Crippen molar-refractivity contribution in [3.05, 3.63) is 68.2 Å². The molecule has 12 heteroatoms. The maximum atomic E-state index is 11.6. The van der Waals surface area contributed by atoms with Gasteiger partial charge in [0, 0.05) is 44.1 Å². The normalized spacial score (nSPS) is 13.5. The van der Waals surface area contributed by atoms with Crippen LogP contribution >= 0.6 is 46.4 Å². The number of carboxylic acids is 2. The zero-order chi connectivity index (χ0) is 42.6. The summed E-state index contributed by atoms with van der Waals surface area (Å²) in [6.07, 6.45) is 29.2. The SMILES string of the molecule is CCCCCCCCCCCN1/C(=C\C=C\c2n(CCCCCCCCCCC)c3cc(Cl)c(Cl)cc3[n+]2CCCC(=O)O)N(CCCC(=O)O)c2cc(Cl)c(Cl)cc21. The lowest BCUT2D eigenvalue weighted by molar-refractivity contribution is -0.674. The van der Waals surface area contributed by atoms with Gasteiger partial charge in [0.1, 0.15) is 5.82 Å². The van der Waals surface area contributed by atoms with Crippen molar-refractivity contribution < 1.29 is 24.4 Å². The van der Waals surface area contributed by atoms with E-state index in [0.29, 0.717) is 46.0 Å². The molecule has 59 heavy (non-hydrogen) atoms. The minimum absolute atomic E-state index is 0.0505. The number of unbranched alkanes of at least 4 members (excludes halogenated alkanes) is 16. The molecule has 0 unspecified atom stereocenters. The minimum Gasteiger partial charge on any atom is -0.481 e. The van der Waals surface area contributed by atoms with Crippen LogP contribution in [0.3, 0.4) is 0 Å². The van der Waals surface area contributed by atoms with Crippen LogP contribution in [-0.2, 0) is 22.7 Å². The molecule has 0 atom stereocenters. The molecule has 0 amide bonds. The molecule has 0 fully saturated rings. The van der Waals surface area contributed by atoms with Crippen molar-refractivity contribution in [1.29, 1.82) is 0 Å². The molecular weight excluding hydrogens is 826 g/mol. The van der Waals surface area contributed by atoms with Gasteiger partial charge in [-0.05, 0) is 50.3 Å². The lowest BCUT2D eigenvalue weighted by Crippen LogP contribution is -2.37. The monoisotopic (exact) mass is 891 g/mol. The van der Waals surface area contributed by atoms with Gasteiger partial charge in [0.25, 0.3) is 5.82 Å². The van der Waals surface area contributed by atoms with Gasteiger partial charge in [-0.3, -0.25) is 9.59 Å². The second-order valence-electron chi connectivity index (χ2n) is 16.0. The molecule has 1 aromatic heterocycles. The largest absolute Gasteiger partial charge is 0.481 e.